The molecule has 0 aliphatic carbocycles. The van der Waals surface area contributed by atoms with Crippen molar-refractivity contribution in [2.45, 2.75) is 38.8 Å². The van der Waals surface area contributed by atoms with Crippen LogP contribution in [0.1, 0.15) is 20.8 Å². The molecule has 2 N–H and O–H groups in total. The van der Waals surface area contributed by atoms with Crippen LogP contribution in [0.2, 0.25) is 0 Å². The summed E-state index contributed by atoms with van der Waals surface area (Å²) in [6, 6.07) is 5.44. The van der Waals surface area contributed by atoms with Gasteiger partial charge in [-0.05, 0) is 32.9 Å². The van der Waals surface area contributed by atoms with Crippen LogP contribution in [0, 0.1) is 0 Å². The lowest BCUT2D eigenvalue weighted by Crippen LogP contribution is -2.42. The maximum absolute atomic E-state index is 12.2. The highest BCUT2D eigenvalue weighted by Gasteiger charge is 2.32. The Bertz CT molecular complexity index is 444. The second kappa shape index (κ2) is 7.00. The first-order valence-electron chi connectivity index (χ1n) is 6.47. The number of rotatable bonds is 6. The third-order valence-corrected chi connectivity index (χ3v) is 2.37. The van der Waals surface area contributed by atoms with E-state index in [1.807, 2.05) is 20.8 Å². The lowest BCUT2D eigenvalue weighted by Gasteiger charge is -2.23. The Kier molecular flexibility index (Phi) is 5.86. The van der Waals surface area contributed by atoms with Crippen LogP contribution < -0.4 is 14.8 Å². The van der Waals surface area contributed by atoms with E-state index in [2.05, 4.69) is 10.1 Å². The predicted octanol–water partition coefficient (Wildman–Crippen LogP) is 2.71. The fraction of sp³-hybridized carbons (Fsp3) is 0.571. The summed E-state index contributed by atoms with van der Waals surface area (Å²) in [6.07, 6.45) is -5.63. The van der Waals surface area contributed by atoms with Crippen LogP contribution in [0.4, 0.5) is 13.2 Å². The van der Waals surface area contributed by atoms with Gasteiger partial charge in [0.25, 0.3) is 0 Å². The van der Waals surface area contributed by atoms with E-state index in [1.165, 1.54) is 18.2 Å². The van der Waals surface area contributed by atoms with Gasteiger partial charge in [0.1, 0.15) is 12.7 Å². The topological polar surface area (TPSA) is 50.7 Å². The van der Waals surface area contributed by atoms with Crippen molar-refractivity contribution in [2.75, 3.05) is 13.2 Å². The number of nitrogens with one attached hydrogen (secondary N) is 1. The number of alkyl halides is 3. The molecule has 0 heterocycles. The molecule has 120 valence electrons. The van der Waals surface area contributed by atoms with Gasteiger partial charge in [-0.2, -0.15) is 0 Å². The van der Waals surface area contributed by atoms with Gasteiger partial charge in [-0.25, -0.2) is 0 Å². The minimum Gasteiger partial charge on any atom is -0.487 e. The maximum atomic E-state index is 12.2. The molecule has 21 heavy (non-hydrogen) atoms. The number of halogens is 3. The van der Waals surface area contributed by atoms with Crippen LogP contribution in [0.5, 0.6) is 11.5 Å². The summed E-state index contributed by atoms with van der Waals surface area (Å²) in [5.41, 5.74) is -0.168. The molecule has 0 saturated carbocycles. The molecule has 1 aromatic carbocycles. The van der Waals surface area contributed by atoms with Gasteiger partial charge in [0.2, 0.25) is 0 Å². The molecule has 0 fully saturated rings. The van der Waals surface area contributed by atoms with Gasteiger partial charge in [0.15, 0.2) is 11.5 Å². The summed E-state index contributed by atoms with van der Waals surface area (Å²) in [5, 5.41) is 12.8. The molecule has 4 nitrogen and oxygen atoms in total. The number of hydrogen-bond donors (Lipinski definition) is 2. The van der Waals surface area contributed by atoms with Crippen molar-refractivity contribution in [2.24, 2.45) is 0 Å². The molecule has 0 amide bonds. The Morgan fingerprint density at radius 2 is 1.71 bits per heavy atom. The van der Waals surface area contributed by atoms with Crippen molar-refractivity contribution < 1.29 is 27.8 Å². The van der Waals surface area contributed by atoms with Crippen LogP contribution in [-0.2, 0) is 0 Å². The van der Waals surface area contributed by atoms with E-state index in [-0.39, 0.29) is 24.4 Å². The minimum atomic E-state index is -4.79. The van der Waals surface area contributed by atoms with E-state index in [0.29, 0.717) is 0 Å². The molecule has 0 radical (unpaired) electrons. The third kappa shape index (κ3) is 7.77. The summed E-state index contributed by atoms with van der Waals surface area (Å²) in [4.78, 5) is 0. The molecule has 0 aliphatic rings. The molecular formula is C14H20F3NO3. The highest BCUT2D eigenvalue weighted by molar-refractivity contribution is 5.39. The third-order valence-electron chi connectivity index (χ3n) is 2.37. The van der Waals surface area contributed by atoms with Crippen LogP contribution in [0.15, 0.2) is 24.3 Å². The van der Waals surface area contributed by atoms with E-state index in [4.69, 9.17) is 4.74 Å². The molecule has 1 unspecified atom stereocenters. The fourth-order valence-corrected chi connectivity index (χ4v) is 1.45. The Morgan fingerprint density at radius 1 is 1.14 bits per heavy atom. The smallest absolute Gasteiger partial charge is 0.487 e. The molecule has 7 heteroatoms. The van der Waals surface area contributed by atoms with Gasteiger partial charge in [-0.3, -0.25) is 0 Å². The zero-order chi connectivity index (χ0) is 16.1. The largest absolute Gasteiger partial charge is 0.573 e. The van der Waals surface area contributed by atoms with Gasteiger partial charge in [-0.1, -0.05) is 12.1 Å². The average molecular weight is 307 g/mol. The number of β-amino-alcohol motifs (C(OH)–C–C–N with tert-alkyl or cyclic N) is 1. The number of para-hydroxylation sites is 2. The van der Waals surface area contributed by atoms with E-state index in [9.17, 15) is 18.3 Å². The Hall–Kier alpha value is -1.47. The summed E-state index contributed by atoms with van der Waals surface area (Å²) >= 11 is 0. The molecule has 1 aromatic rings. The second-order valence-corrected chi connectivity index (χ2v) is 5.59. The highest BCUT2D eigenvalue weighted by atomic mass is 19.4. The first-order valence-corrected chi connectivity index (χ1v) is 6.47. The van der Waals surface area contributed by atoms with Crippen molar-refractivity contribution in [3.8, 4) is 11.5 Å². The van der Waals surface area contributed by atoms with Crippen LogP contribution >= 0.6 is 0 Å². The predicted molar refractivity (Wildman–Crippen MR) is 72.4 cm³/mol. The Morgan fingerprint density at radius 3 is 2.24 bits per heavy atom. The normalized spacial score (nSPS) is 13.9. The number of hydrogen-bond acceptors (Lipinski definition) is 4. The Balaban J connectivity index is 2.55. The van der Waals surface area contributed by atoms with Gasteiger partial charge in [0.05, 0.1) is 0 Å². The quantitative estimate of drug-likeness (QED) is 0.848. The minimum absolute atomic E-state index is 0.0652. The lowest BCUT2D eigenvalue weighted by molar-refractivity contribution is -0.275. The molecular weight excluding hydrogens is 287 g/mol. The van der Waals surface area contributed by atoms with Crippen LogP contribution in [0.3, 0.4) is 0 Å². The van der Waals surface area contributed by atoms with Crippen LogP contribution in [0.25, 0.3) is 0 Å². The van der Waals surface area contributed by atoms with E-state index >= 15 is 0 Å². The van der Waals surface area contributed by atoms with E-state index in [0.717, 1.165) is 6.07 Å². The number of ether oxygens (including phenoxy) is 2. The van der Waals surface area contributed by atoms with Crippen molar-refractivity contribution >= 4 is 0 Å². The van der Waals surface area contributed by atoms with Crippen molar-refractivity contribution in [3.63, 3.8) is 0 Å². The van der Waals surface area contributed by atoms with Crippen LogP contribution in [-0.4, -0.2) is 36.3 Å². The molecule has 1 rings (SSSR count). The van der Waals surface area contributed by atoms with Crippen molar-refractivity contribution in [1.82, 2.24) is 5.32 Å². The maximum Gasteiger partial charge on any atom is 0.573 e. The number of benzene rings is 1. The highest BCUT2D eigenvalue weighted by Crippen LogP contribution is 2.31. The summed E-state index contributed by atoms with van der Waals surface area (Å²) in [5.74, 6) is -0.495. The second-order valence-electron chi connectivity index (χ2n) is 5.59. The number of aliphatic hydroxyl groups excluding tert-OH is 1. The summed E-state index contributed by atoms with van der Waals surface area (Å²) < 4.78 is 45.8. The number of aliphatic hydroxyl groups is 1. The Labute approximate surface area is 121 Å². The van der Waals surface area contributed by atoms with Gasteiger partial charge in [-0.15, -0.1) is 13.2 Å². The SMILES string of the molecule is CC(C)(C)NCC(O)COc1ccccc1OC(F)(F)F. The van der Waals surface area contributed by atoms with Gasteiger partial charge in [0, 0.05) is 12.1 Å². The standard InChI is InChI=1S/C14H20F3NO3/c1-13(2,3)18-8-10(19)9-20-11-6-4-5-7-12(11)21-14(15,16)17/h4-7,10,18-19H,8-9H2,1-3H3. The molecule has 0 aliphatic heterocycles. The lowest BCUT2D eigenvalue weighted by atomic mass is 10.1. The molecule has 1 atom stereocenters. The monoisotopic (exact) mass is 307 g/mol. The van der Waals surface area contributed by atoms with Gasteiger partial charge < -0.3 is 19.9 Å². The zero-order valence-electron chi connectivity index (χ0n) is 12.2. The average Bonchev–Trinajstić information content (AvgIpc) is 2.32. The molecule has 0 bridgehead atoms. The fourth-order valence-electron chi connectivity index (χ4n) is 1.45. The molecule has 0 aromatic heterocycles. The van der Waals surface area contributed by atoms with E-state index in [1.54, 1.807) is 0 Å². The van der Waals surface area contributed by atoms with Crippen molar-refractivity contribution in [1.29, 1.82) is 0 Å². The first-order chi connectivity index (χ1) is 9.57. The first kappa shape index (κ1) is 17.6. The van der Waals surface area contributed by atoms with Gasteiger partial charge >= 0.3 is 6.36 Å². The summed E-state index contributed by atoms with van der Waals surface area (Å²) in [7, 11) is 0. The van der Waals surface area contributed by atoms with Crippen molar-refractivity contribution in [3.05, 3.63) is 24.3 Å². The zero-order valence-corrected chi connectivity index (χ0v) is 12.2. The summed E-state index contributed by atoms with van der Waals surface area (Å²) in [6.45, 7) is 5.94. The molecule has 0 saturated heterocycles. The molecule has 0 spiro atoms. The van der Waals surface area contributed by atoms with E-state index < -0.39 is 18.2 Å².